The highest BCUT2D eigenvalue weighted by atomic mass is 19.1. The number of halogens is 1. The van der Waals surface area contributed by atoms with Crippen LogP contribution < -0.4 is 10.6 Å². The maximum absolute atomic E-state index is 12.9. The summed E-state index contributed by atoms with van der Waals surface area (Å²) in [6.45, 7) is 2.25. The SMILES string of the molecule is Cc1ccc(NC(=O)c2cccc(C(=O)NCc3ccc(F)cc3)c2)cc1. The van der Waals surface area contributed by atoms with E-state index in [1.807, 2.05) is 31.2 Å². The summed E-state index contributed by atoms with van der Waals surface area (Å²) in [6.07, 6.45) is 0. The molecule has 4 nitrogen and oxygen atoms in total. The van der Waals surface area contributed by atoms with Crippen LogP contribution in [-0.2, 0) is 6.54 Å². The minimum absolute atomic E-state index is 0.277. The normalized spacial score (nSPS) is 10.3. The first-order chi connectivity index (χ1) is 13.0. The van der Waals surface area contributed by atoms with Crippen LogP contribution in [0.25, 0.3) is 0 Å². The Hall–Kier alpha value is -3.47. The number of benzene rings is 3. The van der Waals surface area contributed by atoms with Gasteiger partial charge in [0, 0.05) is 23.4 Å². The molecule has 27 heavy (non-hydrogen) atoms. The molecule has 0 aliphatic heterocycles. The van der Waals surface area contributed by atoms with Crippen molar-refractivity contribution in [3.8, 4) is 0 Å². The second kappa shape index (κ2) is 8.27. The van der Waals surface area contributed by atoms with E-state index in [2.05, 4.69) is 10.6 Å². The van der Waals surface area contributed by atoms with Gasteiger partial charge >= 0.3 is 0 Å². The Morgan fingerprint density at radius 2 is 1.48 bits per heavy atom. The third-order valence-corrected chi connectivity index (χ3v) is 4.06. The zero-order valence-corrected chi connectivity index (χ0v) is 14.8. The molecule has 0 unspecified atom stereocenters. The predicted molar refractivity (Wildman–Crippen MR) is 103 cm³/mol. The molecule has 0 heterocycles. The molecule has 0 aromatic heterocycles. The van der Waals surface area contributed by atoms with Crippen LogP contribution in [0.3, 0.4) is 0 Å². The van der Waals surface area contributed by atoms with Crippen molar-refractivity contribution in [1.29, 1.82) is 0 Å². The van der Waals surface area contributed by atoms with Gasteiger partial charge in [0.1, 0.15) is 5.82 Å². The molecule has 0 spiro atoms. The van der Waals surface area contributed by atoms with Crippen LogP contribution in [-0.4, -0.2) is 11.8 Å². The highest BCUT2D eigenvalue weighted by Gasteiger charge is 2.11. The lowest BCUT2D eigenvalue weighted by molar-refractivity contribution is 0.0951. The van der Waals surface area contributed by atoms with Crippen LogP contribution in [0.5, 0.6) is 0 Å². The van der Waals surface area contributed by atoms with Crippen molar-refractivity contribution in [1.82, 2.24) is 5.32 Å². The number of aryl methyl sites for hydroxylation is 1. The average Bonchev–Trinajstić information content (AvgIpc) is 2.69. The standard InChI is InChI=1S/C22H19FN2O2/c1-15-5-11-20(12-6-15)25-22(27)18-4-2-3-17(13-18)21(26)24-14-16-7-9-19(23)10-8-16/h2-13H,14H2,1H3,(H,24,26)(H,25,27). The molecular weight excluding hydrogens is 343 g/mol. The van der Waals surface area contributed by atoms with Gasteiger partial charge in [0.15, 0.2) is 0 Å². The number of rotatable bonds is 5. The van der Waals surface area contributed by atoms with Gasteiger partial charge < -0.3 is 10.6 Å². The Bertz CT molecular complexity index is 951. The van der Waals surface area contributed by atoms with E-state index in [-0.39, 0.29) is 24.2 Å². The van der Waals surface area contributed by atoms with E-state index in [4.69, 9.17) is 0 Å². The van der Waals surface area contributed by atoms with Crippen molar-refractivity contribution in [2.24, 2.45) is 0 Å². The van der Waals surface area contributed by atoms with Gasteiger partial charge in [-0.25, -0.2) is 4.39 Å². The molecule has 3 aromatic rings. The van der Waals surface area contributed by atoms with E-state index >= 15 is 0 Å². The summed E-state index contributed by atoms with van der Waals surface area (Å²) in [7, 11) is 0. The van der Waals surface area contributed by atoms with Gasteiger partial charge in [-0.2, -0.15) is 0 Å². The lowest BCUT2D eigenvalue weighted by Gasteiger charge is -2.08. The molecule has 0 saturated carbocycles. The lowest BCUT2D eigenvalue weighted by atomic mass is 10.1. The molecule has 0 radical (unpaired) electrons. The molecule has 0 aliphatic carbocycles. The van der Waals surface area contributed by atoms with Gasteiger partial charge in [0.05, 0.1) is 0 Å². The summed E-state index contributed by atoms with van der Waals surface area (Å²) in [5.41, 5.74) is 3.36. The van der Waals surface area contributed by atoms with Crippen LogP contribution in [0.2, 0.25) is 0 Å². The second-order valence-corrected chi connectivity index (χ2v) is 6.21. The number of carbonyl (C=O) groups is 2. The van der Waals surface area contributed by atoms with E-state index in [1.165, 1.54) is 12.1 Å². The first-order valence-electron chi connectivity index (χ1n) is 8.52. The maximum Gasteiger partial charge on any atom is 0.255 e. The van der Waals surface area contributed by atoms with Crippen molar-refractivity contribution in [3.05, 3.63) is 101 Å². The summed E-state index contributed by atoms with van der Waals surface area (Å²) < 4.78 is 12.9. The molecule has 0 atom stereocenters. The Labute approximate surface area is 157 Å². The number of hydrogen-bond donors (Lipinski definition) is 2. The van der Waals surface area contributed by atoms with E-state index in [1.54, 1.807) is 36.4 Å². The Balaban J connectivity index is 1.65. The van der Waals surface area contributed by atoms with Crippen LogP contribution in [0.15, 0.2) is 72.8 Å². The number of nitrogens with one attached hydrogen (secondary N) is 2. The molecule has 0 bridgehead atoms. The number of anilines is 1. The smallest absolute Gasteiger partial charge is 0.255 e. The fourth-order valence-corrected chi connectivity index (χ4v) is 2.53. The van der Waals surface area contributed by atoms with E-state index in [0.717, 1.165) is 11.1 Å². The zero-order chi connectivity index (χ0) is 19.2. The summed E-state index contributed by atoms with van der Waals surface area (Å²) in [5, 5.41) is 5.57. The van der Waals surface area contributed by atoms with E-state index < -0.39 is 0 Å². The molecule has 0 aliphatic rings. The Kier molecular flexibility index (Phi) is 5.61. The van der Waals surface area contributed by atoms with E-state index in [0.29, 0.717) is 16.8 Å². The minimum atomic E-state index is -0.322. The van der Waals surface area contributed by atoms with Gasteiger partial charge in [-0.1, -0.05) is 35.9 Å². The molecule has 2 N–H and O–H groups in total. The summed E-state index contributed by atoms with van der Waals surface area (Å²) in [6, 6.07) is 19.9. The van der Waals surface area contributed by atoms with Crippen LogP contribution in [0.1, 0.15) is 31.8 Å². The summed E-state index contributed by atoms with van der Waals surface area (Å²) in [5.74, 6) is -0.909. The molecule has 3 aromatic carbocycles. The molecule has 0 saturated heterocycles. The summed E-state index contributed by atoms with van der Waals surface area (Å²) in [4.78, 5) is 24.7. The first kappa shape index (κ1) is 18.3. The monoisotopic (exact) mass is 362 g/mol. The fraction of sp³-hybridized carbons (Fsp3) is 0.0909. The van der Waals surface area contributed by atoms with Gasteiger partial charge in [-0.15, -0.1) is 0 Å². The van der Waals surface area contributed by atoms with Gasteiger partial charge in [0.25, 0.3) is 11.8 Å². The minimum Gasteiger partial charge on any atom is -0.348 e. The number of carbonyl (C=O) groups excluding carboxylic acids is 2. The first-order valence-corrected chi connectivity index (χ1v) is 8.52. The Morgan fingerprint density at radius 1 is 0.852 bits per heavy atom. The third kappa shape index (κ3) is 5.01. The molecule has 3 rings (SSSR count). The maximum atomic E-state index is 12.9. The van der Waals surface area contributed by atoms with Crippen LogP contribution >= 0.6 is 0 Å². The zero-order valence-electron chi connectivity index (χ0n) is 14.8. The van der Waals surface area contributed by atoms with Gasteiger partial charge in [0.2, 0.25) is 0 Å². The van der Waals surface area contributed by atoms with Crippen molar-refractivity contribution in [2.45, 2.75) is 13.5 Å². The highest BCUT2D eigenvalue weighted by molar-refractivity contribution is 6.06. The van der Waals surface area contributed by atoms with Crippen molar-refractivity contribution in [2.75, 3.05) is 5.32 Å². The Morgan fingerprint density at radius 3 is 2.15 bits per heavy atom. The number of amides is 2. The predicted octanol–water partition coefficient (Wildman–Crippen LogP) is 4.32. The lowest BCUT2D eigenvalue weighted by Crippen LogP contribution is -2.23. The summed E-state index contributed by atoms with van der Waals surface area (Å²) >= 11 is 0. The average molecular weight is 362 g/mol. The molecule has 0 fully saturated rings. The van der Waals surface area contributed by atoms with Crippen molar-refractivity contribution >= 4 is 17.5 Å². The van der Waals surface area contributed by atoms with Gasteiger partial charge in [-0.05, 0) is 55.0 Å². The third-order valence-electron chi connectivity index (χ3n) is 4.06. The van der Waals surface area contributed by atoms with Gasteiger partial charge in [-0.3, -0.25) is 9.59 Å². The fourth-order valence-electron chi connectivity index (χ4n) is 2.53. The topological polar surface area (TPSA) is 58.2 Å². The number of hydrogen-bond acceptors (Lipinski definition) is 2. The van der Waals surface area contributed by atoms with Crippen LogP contribution in [0, 0.1) is 12.7 Å². The highest BCUT2D eigenvalue weighted by Crippen LogP contribution is 2.12. The molecule has 2 amide bonds. The quantitative estimate of drug-likeness (QED) is 0.710. The largest absolute Gasteiger partial charge is 0.348 e. The molecule has 136 valence electrons. The van der Waals surface area contributed by atoms with Crippen molar-refractivity contribution < 1.29 is 14.0 Å². The molecular formula is C22H19FN2O2. The van der Waals surface area contributed by atoms with Crippen molar-refractivity contribution in [3.63, 3.8) is 0 Å². The van der Waals surface area contributed by atoms with E-state index in [9.17, 15) is 14.0 Å². The molecule has 5 heteroatoms. The second-order valence-electron chi connectivity index (χ2n) is 6.21. The van der Waals surface area contributed by atoms with Crippen LogP contribution in [0.4, 0.5) is 10.1 Å².